The Morgan fingerprint density at radius 3 is 2.48 bits per heavy atom. The van der Waals surface area contributed by atoms with E-state index in [1.807, 2.05) is 37.8 Å². The molecule has 7 heteroatoms. The second kappa shape index (κ2) is 6.91. The van der Waals surface area contributed by atoms with E-state index < -0.39 is 0 Å². The minimum atomic E-state index is 0.0886. The average molecular weight is 327 g/mol. The first kappa shape index (κ1) is 15.8. The number of aromatic nitrogens is 3. The minimum Gasteiger partial charge on any atom is -0.423 e. The molecule has 1 aromatic carbocycles. The van der Waals surface area contributed by atoms with E-state index in [1.165, 1.54) is 0 Å². The largest absolute Gasteiger partial charge is 0.423 e. The van der Waals surface area contributed by atoms with E-state index in [4.69, 9.17) is 27.9 Å². The normalized spacial score (nSPS) is 10.5. The molecule has 0 amide bonds. The molecule has 0 aliphatic carbocycles. The fraction of sp³-hybridized carbons (Fsp3) is 0.357. The van der Waals surface area contributed by atoms with Crippen LogP contribution in [0.4, 0.5) is 5.95 Å². The van der Waals surface area contributed by atoms with Gasteiger partial charge in [0.2, 0.25) is 11.2 Å². The summed E-state index contributed by atoms with van der Waals surface area (Å²) in [5.74, 6) is 0.975. The van der Waals surface area contributed by atoms with Crippen LogP contribution in [-0.4, -0.2) is 28.0 Å². The monoisotopic (exact) mass is 326 g/mol. The Balaban J connectivity index is 2.34. The van der Waals surface area contributed by atoms with Gasteiger partial charge in [-0.2, -0.15) is 15.0 Å². The standard InChI is InChI=1S/C14H16Cl2N4O/c1-4-20(5-2)13-17-12(16)18-14(19-13)21-11-8-9(3)6-7-10(11)15/h6-8H,4-5H2,1-3H3. The molecule has 1 heterocycles. The molecule has 0 fully saturated rings. The van der Waals surface area contributed by atoms with E-state index in [2.05, 4.69) is 15.0 Å². The Morgan fingerprint density at radius 1 is 1.10 bits per heavy atom. The molecular weight excluding hydrogens is 311 g/mol. The highest BCUT2D eigenvalue weighted by atomic mass is 35.5. The summed E-state index contributed by atoms with van der Waals surface area (Å²) in [5.41, 5.74) is 1.03. The van der Waals surface area contributed by atoms with Crippen LogP contribution < -0.4 is 9.64 Å². The fourth-order valence-electron chi connectivity index (χ4n) is 1.80. The van der Waals surface area contributed by atoms with Gasteiger partial charge >= 0.3 is 6.01 Å². The second-order valence-electron chi connectivity index (χ2n) is 4.40. The summed E-state index contributed by atoms with van der Waals surface area (Å²) >= 11 is 12.0. The van der Waals surface area contributed by atoms with Gasteiger partial charge < -0.3 is 9.64 Å². The summed E-state index contributed by atoms with van der Waals surface area (Å²) in [5, 5.41) is 0.576. The van der Waals surface area contributed by atoms with E-state index in [1.54, 1.807) is 6.07 Å². The van der Waals surface area contributed by atoms with Gasteiger partial charge in [-0.05, 0) is 50.1 Å². The molecule has 0 bridgehead atoms. The lowest BCUT2D eigenvalue weighted by Crippen LogP contribution is -2.24. The van der Waals surface area contributed by atoms with Gasteiger partial charge in [0.25, 0.3) is 0 Å². The van der Waals surface area contributed by atoms with Crippen molar-refractivity contribution in [2.75, 3.05) is 18.0 Å². The lowest BCUT2D eigenvalue weighted by atomic mass is 10.2. The molecule has 2 rings (SSSR count). The molecule has 0 atom stereocenters. The highest BCUT2D eigenvalue weighted by Crippen LogP contribution is 2.29. The number of ether oxygens (including phenoxy) is 1. The van der Waals surface area contributed by atoms with Crippen LogP contribution in [-0.2, 0) is 0 Å². The summed E-state index contributed by atoms with van der Waals surface area (Å²) in [6, 6.07) is 5.61. The molecule has 112 valence electrons. The molecule has 0 saturated heterocycles. The van der Waals surface area contributed by atoms with Crippen molar-refractivity contribution in [2.24, 2.45) is 0 Å². The zero-order valence-electron chi connectivity index (χ0n) is 12.1. The summed E-state index contributed by atoms with van der Waals surface area (Å²) in [6.07, 6.45) is 0. The molecule has 2 aromatic rings. The van der Waals surface area contributed by atoms with Gasteiger partial charge in [-0.3, -0.25) is 0 Å². The van der Waals surface area contributed by atoms with Crippen LogP contribution in [0.25, 0.3) is 0 Å². The number of hydrogen-bond donors (Lipinski definition) is 0. The van der Waals surface area contributed by atoms with E-state index in [0.717, 1.165) is 18.7 Å². The van der Waals surface area contributed by atoms with Gasteiger partial charge in [0.1, 0.15) is 5.75 Å². The van der Waals surface area contributed by atoms with Gasteiger partial charge in [0.15, 0.2) is 0 Å². The van der Waals surface area contributed by atoms with Crippen molar-refractivity contribution in [3.63, 3.8) is 0 Å². The van der Waals surface area contributed by atoms with Gasteiger partial charge in [-0.25, -0.2) is 0 Å². The van der Waals surface area contributed by atoms with E-state index in [9.17, 15) is 0 Å². The fourth-order valence-corrected chi connectivity index (χ4v) is 2.11. The molecular formula is C14H16Cl2N4O. The summed E-state index contributed by atoms with van der Waals surface area (Å²) in [6.45, 7) is 7.51. The van der Waals surface area contributed by atoms with Crippen LogP contribution >= 0.6 is 23.2 Å². The molecule has 0 N–H and O–H groups in total. The predicted octanol–water partition coefficient (Wildman–Crippen LogP) is 4.13. The number of aryl methyl sites for hydroxylation is 1. The number of benzene rings is 1. The first-order valence-electron chi connectivity index (χ1n) is 6.64. The number of rotatable bonds is 5. The first-order valence-corrected chi connectivity index (χ1v) is 7.39. The van der Waals surface area contributed by atoms with E-state index in [0.29, 0.717) is 16.7 Å². The van der Waals surface area contributed by atoms with E-state index >= 15 is 0 Å². The predicted molar refractivity (Wildman–Crippen MR) is 84.7 cm³/mol. The lowest BCUT2D eigenvalue weighted by Gasteiger charge is -2.18. The molecule has 5 nitrogen and oxygen atoms in total. The van der Waals surface area contributed by atoms with Gasteiger partial charge in [0, 0.05) is 13.1 Å². The maximum Gasteiger partial charge on any atom is 0.328 e. The number of halogens is 2. The van der Waals surface area contributed by atoms with Crippen LogP contribution in [0.3, 0.4) is 0 Å². The summed E-state index contributed by atoms with van der Waals surface area (Å²) in [7, 11) is 0. The Morgan fingerprint density at radius 2 is 1.81 bits per heavy atom. The van der Waals surface area contributed by atoms with Crippen LogP contribution in [0, 0.1) is 6.92 Å². The van der Waals surface area contributed by atoms with E-state index in [-0.39, 0.29) is 11.3 Å². The quantitative estimate of drug-likeness (QED) is 0.826. The van der Waals surface area contributed by atoms with Crippen molar-refractivity contribution in [3.05, 3.63) is 34.1 Å². The molecule has 0 spiro atoms. The third-order valence-electron chi connectivity index (χ3n) is 2.91. The van der Waals surface area contributed by atoms with Crippen LogP contribution in [0.5, 0.6) is 11.8 Å². The SMILES string of the molecule is CCN(CC)c1nc(Cl)nc(Oc2cc(C)ccc2Cl)n1. The maximum atomic E-state index is 6.10. The Bertz CT molecular complexity index is 632. The highest BCUT2D eigenvalue weighted by molar-refractivity contribution is 6.32. The lowest BCUT2D eigenvalue weighted by molar-refractivity contribution is 0.439. The molecule has 0 saturated carbocycles. The van der Waals surface area contributed by atoms with Gasteiger partial charge in [-0.15, -0.1) is 0 Å². The second-order valence-corrected chi connectivity index (χ2v) is 5.14. The summed E-state index contributed by atoms with van der Waals surface area (Å²) in [4.78, 5) is 14.3. The Kier molecular flexibility index (Phi) is 5.20. The third kappa shape index (κ3) is 3.95. The minimum absolute atomic E-state index is 0.0886. The van der Waals surface area contributed by atoms with Gasteiger partial charge in [-0.1, -0.05) is 17.7 Å². The topological polar surface area (TPSA) is 51.1 Å². The van der Waals surface area contributed by atoms with Crippen molar-refractivity contribution in [3.8, 4) is 11.8 Å². The first-order chi connectivity index (χ1) is 10.0. The zero-order chi connectivity index (χ0) is 15.4. The van der Waals surface area contributed by atoms with Crippen molar-refractivity contribution in [2.45, 2.75) is 20.8 Å². The molecule has 0 unspecified atom stereocenters. The Labute approximate surface area is 133 Å². The highest BCUT2D eigenvalue weighted by Gasteiger charge is 2.13. The molecule has 1 aromatic heterocycles. The number of hydrogen-bond acceptors (Lipinski definition) is 5. The van der Waals surface area contributed by atoms with Gasteiger partial charge in [0.05, 0.1) is 5.02 Å². The molecule has 0 aliphatic heterocycles. The van der Waals surface area contributed by atoms with Crippen molar-refractivity contribution in [1.82, 2.24) is 15.0 Å². The molecule has 21 heavy (non-hydrogen) atoms. The summed E-state index contributed by atoms with van der Waals surface area (Å²) < 4.78 is 5.65. The van der Waals surface area contributed by atoms with Crippen LogP contribution in [0.15, 0.2) is 18.2 Å². The van der Waals surface area contributed by atoms with Crippen LogP contribution in [0.2, 0.25) is 10.3 Å². The number of nitrogens with zero attached hydrogens (tertiary/aromatic N) is 4. The number of anilines is 1. The van der Waals surface area contributed by atoms with Crippen LogP contribution in [0.1, 0.15) is 19.4 Å². The molecule has 0 aliphatic rings. The third-order valence-corrected chi connectivity index (χ3v) is 3.39. The van der Waals surface area contributed by atoms with Crippen molar-refractivity contribution >= 4 is 29.2 Å². The molecule has 0 radical (unpaired) electrons. The van der Waals surface area contributed by atoms with Crippen molar-refractivity contribution in [1.29, 1.82) is 0 Å². The smallest absolute Gasteiger partial charge is 0.328 e. The maximum absolute atomic E-state index is 6.10. The zero-order valence-corrected chi connectivity index (χ0v) is 13.6. The average Bonchev–Trinajstić information content (AvgIpc) is 2.44. The Hall–Kier alpha value is -1.59. The van der Waals surface area contributed by atoms with Crippen molar-refractivity contribution < 1.29 is 4.74 Å².